The van der Waals surface area contributed by atoms with E-state index in [1.54, 1.807) is 6.07 Å². The second-order valence-corrected chi connectivity index (χ2v) is 6.93. The number of sulfonamides is 1. The Kier molecular flexibility index (Phi) is 4.76. The summed E-state index contributed by atoms with van der Waals surface area (Å²) in [6.07, 6.45) is 2.24. The number of hydrogen-bond donors (Lipinski definition) is 2. The predicted molar refractivity (Wildman–Crippen MR) is 83.3 cm³/mol. The summed E-state index contributed by atoms with van der Waals surface area (Å²) >= 11 is 11.6. The van der Waals surface area contributed by atoms with Gasteiger partial charge in [0, 0.05) is 16.2 Å². The Hall–Kier alpha value is -2.01. The van der Waals surface area contributed by atoms with Crippen LogP contribution in [0.3, 0.4) is 0 Å². The molecule has 1 aromatic carbocycles. The van der Waals surface area contributed by atoms with Crippen LogP contribution in [0.2, 0.25) is 10.0 Å². The standard InChI is InChI=1S/C13H9Cl2N3O3S/c14-10-1-8(2-11(15)3-10)7-22(20,21)18-12-6-17-5-9(4-16)13(12)19/h1-3,5-6,18H,7H2,(H,17,19). The van der Waals surface area contributed by atoms with Crippen molar-refractivity contribution in [3.05, 3.63) is 51.8 Å². The predicted octanol–water partition coefficient (Wildman–Crippen LogP) is 2.91. The van der Waals surface area contributed by atoms with Gasteiger partial charge in [0.1, 0.15) is 17.3 Å². The highest BCUT2D eigenvalue weighted by Crippen LogP contribution is 2.27. The first-order valence-corrected chi connectivity index (χ1v) is 8.24. The molecule has 9 heteroatoms. The third-order valence-electron chi connectivity index (χ3n) is 2.58. The van der Waals surface area contributed by atoms with Crippen molar-refractivity contribution in [2.45, 2.75) is 5.75 Å². The van der Waals surface area contributed by atoms with Crippen LogP contribution in [-0.2, 0) is 15.8 Å². The molecule has 0 saturated heterocycles. The minimum absolute atomic E-state index is 0.133. The number of pyridine rings is 1. The molecule has 0 aliphatic heterocycles. The highest BCUT2D eigenvalue weighted by atomic mass is 35.5. The zero-order valence-corrected chi connectivity index (χ0v) is 13.2. The minimum atomic E-state index is -3.85. The molecule has 0 radical (unpaired) electrons. The average molecular weight is 358 g/mol. The molecule has 0 aliphatic rings. The van der Waals surface area contributed by atoms with Crippen molar-refractivity contribution >= 4 is 38.9 Å². The summed E-state index contributed by atoms with van der Waals surface area (Å²) < 4.78 is 26.4. The van der Waals surface area contributed by atoms with Gasteiger partial charge in [-0.3, -0.25) is 9.71 Å². The van der Waals surface area contributed by atoms with Crippen molar-refractivity contribution in [1.82, 2.24) is 4.98 Å². The summed E-state index contributed by atoms with van der Waals surface area (Å²) in [5.74, 6) is -0.881. The first-order chi connectivity index (χ1) is 10.3. The van der Waals surface area contributed by atoms with Crippen LogP contribution in [0.15, 0.2) is 30.6 Å². The lowest BCUT2D eigenvalue weighted by Gasteiger charge is -2.10. The number of aromatic nitrogens is 1. The van der Waals surface area contributed by atoms with Gasteiger partial charge in [-0.2, -0.15) is 5.26 Å². The molecule has 0 saturated carbocycles. The monoisotopic (exact) mass is 357 g/mol. The average Bonchev–Trinajstić information content (AvgIpc) is 2.39. The van der Waals surface area contributed by atoms with E-state index < -0.39 is 21.5 Å². The molecule has 0 amide bonds. The van der Waals surface area contributed by atoms with E-state index in [4.69, 9.17) is 28.5 Å². The topological polar surface area (TPSA) is 103 Å². The lowest BCUT2D eigenvalue weighted by molar-refractivity contribution is 0.475. The SMILES string of the molecule is N#Cc1cncc(NS(=O)(=O)Cc2cc(Cl)cc(Cl)c2)c1O. The minimum Gasteiger partial charge on any atom is -0.504 e. The number of nitriles is 1. The summed E-state index contributed by atoms with van der Waals surface area (Å²) in [4.78, 5) is 3.68. The first-order valence-electron chi connectivity index (χ1n) is 5.83. The van der Waals surface area contributed by atoms with Crippen LogP contribution < -0.4 is 4.72 Å². The van der Waals surface area contributed by atoms with Gasteiger partial charge in [0.25, 0.3) is 0 Å². The Morgan fingerprint density at radius 3 is 2.45 bits per heavy atom. The molecule has 0 aliphatic carbocycles. The summed E-state index contributed by atoms with van der Waals surface area (Å²) in [7, 11) is -3.85. The Morgan fingerprint density at radius 1 is 1.23 bits per heavy atom. The number of rotatable bonds is 4. The molecule has 1 heterocycles. The molecule has 114 valence electrons. The molecule has 2 aromatic rings. The fourth-order valence-electron chi connectivity index (χ4n) is 1.73. The lowest BCUT2D eigenvalue weighted by Crippen LogP contribution is -2.15. The highest BCUT2D eigenvalue weighted by molar-refractivity contribution is 7.91. The van der Waals surface area contributed by atoms with Gasteiger partial charge in [-0.15, -0.1) is 0 Å². The fraction of sp³-hybridized carbons (Fsp3) is 0.0769. The lowest BCUT2D eigenvalue weighted by atomic mass is 10.2. The third-order valence-corrected chi connectivity index (χ3v) is 4.26. The summed E-state index contributed by atoms with van der Waals surface area (Å²) in [5.41, 5.74) is 0.0760. The van der Waals surface area contributed by atoms with Crippen LogP contribution >= 0.6 is 23.2 Å². The number of hydrogen-bond acceptors (Lipinski definition) is 5. The van der Waals surface area contributed by atoms with E-state index >= 15 is 0 Å². The van der Waals surface area contributed by atoms with Gasteiger partial charge < -0.3 is 5.11 Å². The Labute approximate surface area is 137 Å². The van der Waals surface area contributed by atoms with E-state index in [1.165, 1.54) is 18.2 Å². The van der Waals surface area contributed by atoms with Crippen LogP contribution in [0, 0.1) is 11.3 Å². The maximum atomic E-state index is 12.1. The molecule has 1 aromatic heterocycles. The number of anilines is 1. The van der Waals surface area contributed by atoms with Crippen molar-refractivity contribution < 1.29 is 13.5 Å². The van der Waals surface area contributed by atoms with Gasteiger partial charge in [-0.25, -0.2) is 8.42 Å². The molecule has 2 N–H and O–H groups in total. The second-order valence-electron chi connectivity index (χ2n) is 4.33. The van der Waals surface area contributed by atoms with Crippen LogP contribution in [0.5, 0.6) is 5.75 Å². The number of benzene rings is 1. The van der Waals surface area contributed by atoms with Crippen molar-refractivity contribution in [3.8, 4) is 11.8 Å². The van der Waals surface area contributed by atoms with Gasteiger partial charge in [0.05, 0.1) is 11.9 Å². The van der Waals surface area contributed by atoms with E-state index in [9.17, 15) is 13.5 Å². The van der Waals surface area contributed by atoms with Crippen LogP contribution in [0.1, 0.15) is 11.1 Å². The molecule has 0 bridgehead atoms. The van der Waals surface area contributed by atoms with Crippen molar-refractivity contribution in [1.29, 1.82) is 5.26 Å². The quantitative estimate of drug-likeness (QED) is 0.875. The maximum Gasteiger partial charge on any atom is 0.237 e. The molecule has 22 heavy (non-hydrogen) atoms. The summed E-state index contributed by atoms with van der Waals surface area (Å²) in [6, 6.07) is 6.13. The molecule has 2 rings (SSSR count). The Morgan fingerprint density at radius 2 is 1.86 bits per heavy atom. The molecular weight excluding hydrogens is 349 g/mol. The van der Waals surface area contributed by atoms with Gasteiger partial charge in [-0.05, 0) is 23.8 Å². The van der Waals surface area contributed by atoms with E-state index in [0.29, 0.717) is 15.6 Å². The normalized spacial score (nSPS) is 11.0. The van der Waals surface area contributed by atoms with Crippen LogP contribution in [0.25, 0.3) is 0 Å². The first kappa shape index (κ1) is 16.4. The van der Waals surface area contributed by atoms with E-state index in [1.807, 2.05) is 0 Å². The maximum absolute atomic E-state index is 12.1. The van der Waals surface area contributed by atoms with Crippen LogP contribution in [-0.4, -0.2) is 18.5 Å². The molecule has 0 spiro atoms. The smallest absolute Gasteiger partial charge is 0.237 e. The molecular formula is C13H9Cl2N3O3S. The zero-order valence-electron chi connectivity index (χ0n) is 10.9. The molecule has 0 unspecified atom stereocenters. The van der Waals surface area contributed by atoms with Crippen molar-refractivity contribution in [3.63, 3.8) is 0 Å². The Balaban J connectivity index is 2.27. The van der Waals surface area contributed by atoms with E-state index in [2.05, 4.69) is 9.71 Å². The van der Waals surface area contributed by atoms with Crippen molar-refractivity contribution in [2.75, 3.05) is 4.72 Å². The van der Waals surface area contributed by atoms with Gasteiger partial charge >= 0.3 is 0 Å². The number of nitrogens with zero attached hydrogens (tertiary/aromatic N) is 2. The number of halogens is 2. The summed E-state index contributed by atoms with van der Waals surface area (Å²) in [5, 5.41) is 19.2. The van der Waals surface area contributed by atoms with E-state index in [-0.39, 0.29) is 11.3 Å². The summed E-state index contributed by atoms with van der Waals surface area (Å²) in [6.45, 7) is 0. The van der Waals surface area contributed by atoms with Gasteiger partial charge in [0.15, 0.2) is 5.75 Å². The van der Waals surface area contributed by atoms with Gasteiger partial charge in [0.2, 0.25) is 10.0 Å². The number of aromatic hydroxyl groups is 1. The molecule has 0 atom stereocenters. The highest BCUT2D eigenvalue weighted by Gasteiger charge is 2.16. The zero-order chi connectivity index (χ0) is 16.3. The van der Waals surface area contributed by atoms with E-state index in [0.717, 1.165) is 12.4 Å². The third kappa shape index (κ3) is 4.01. The van der Waals surface area contributed by atoms with Crippen molar-refractivity contribution in [2.24, 2.45) is 0 Å². The van der Waals surface area contributed by atoms with Gasteiger partial charge in [-0.1, -0.05) is 23.2 Å². The Bertz CT molecular complexity index is 843. The molecule has 6 nitrogen and oxygen atoms in total. The largest absolute Gasteiger partial charge is 0.504 e. The molecule has 0 fully saturated rings. The van der Waals surface area contributed by atoms with Crippen LogP contribution in [0.4, 0.5) is 5.69 Å². The number of nitrogens with one attached hydrogen (secondary N) is 1. The second kappa shape index (κ2) is 6.40. The fourth-order valence-corrected chi connectivity index (χ4v) is 3.46.